The molecule has 2 aromatic heterocycles. The molecule has 0 unspecified atom stereocenters. The highest BCUT2D eigenvalue weighted by Crippen LogP contribution is 2.40. The summed E-state index contributed by atoms with van der Waals surface area (Å²) in [5.41, 5.74) is 4.26. The van der Waals surface area contributed by atoms with Gasteiger partial charge in [0.25, 0.3) is 5.91 Å². The van der Waals surface area contributed by atoms with Gasteiger partial charge in [-0.05, 0) is 56.2 Å². The van der Waals surface area contributed by atoms with E-state index < -0.39 is 6.10 Å². The van der Waals surface area contributed by atoms with Crippen LogP contribution in [0, 0.1) is 18.8 Å². The summed E-state index contributed by atoms with van der Waals surface area (Å²) >= 11 is 0. The minimum atomic E-state index is -0.548. The van der Waals surface area contributed by atoms with Crippen molar-refractivity contribution in [1.82, 2.24) is 15.3 Å². The molecule has 2 N–H and O–H groups in total. The number of nitrogens with zero attached hydrogens (tertiary/aromatic N) is 2. The second kappa shape index (κ2) is 90.2. The molecule has 2 aromatic rings. The predicted octanol–water partition coefficient (Wildman–Crippen LogP) is 39.8. The number of carbonyl (C=O) groups is 1. The first kappa shape index (κ1) is 112. The van der Waals surface area contributed by atoms with Gasteiger partial charge in [-0.3, -0.25) is 14.8 Å². The summed E-state index contributed by atoms with van der Waals surface area (Å²) in [6.45, 7) is 1.96. The fraction of sp³-hybridized carbons (Fsp3) is 0.889. The molecule has 4 rings (SSSR count). The summed E-state index contributed by atoms with van der Waals surface area (Å²) in [7, 11) is 0. The lowest BCUT2D eigenvalue weighted by atomic mass is 9.96. The zero-order valence-corrected chi connectivity index (χ0v) is 82.6. The Balaban J connectivity index is 0.997. The van der Waals surface area contributed by atoms with Crippen LogP contribution in [-0.4, -0.2) is 33.1 Å². The lowest BCUT2D eigenvalue weighted by Crippen LogP contribution is -2.43. The van der Waals surface area contributed by atoms with E-state index in [1.807, 2.05) is 25.4 Å². The molecule has 2 atom stereocenters. The van der Waals surface area contributed by atoms with E-state index in [0.717, 1.165) is 55.3 Å². The number of pyridine rings is 2. The number of aromatic nitrogens is 2. The summed E-state index contributed by atoms with van der Waals surface area (Å²) in [5.74, 6) is 7.07. The van der Waals surface area contributed by atoms with Crippen molar-refractivity contribution in [3.05, 3.63) is 58.7 Å². The Morgan fingerprint density at radius 2 is 0.451 bits per heavy atom. The molecule has 2 aliphatic carbocycles. The van der Waals surface area contributed by atoms with E-state index in [4.69, 9.17) is 0 Å². The van der Waals surface area contributed by atoms with Crippen molar-refractivity contribution in [3.63, 3.8) is 0 Å². The number of aliphatic hydroxyl groups is 1. The second-order valence-corrected chi connectivity index (χ2v) is 41.1. The minimum Gasteiger partial charge on any atom is -0.391 e. The molecule has 2 heterocycles. The van der Waals surface area contributed by atoms with Crippen molar-refractivity contribution in [2.45, 2.75) is 667 Å². The lowest BCUT2D eigenvalue weighted by Gasteiger charge is -2.24. The van der Waals surface area contributed by atoms with Crippen molar-refractivity contribution >= 4 is 5.91 Å². The first-order valence-electron chi connectivity index (χ1n) is 57.0. The molecule has 5 nitrogen and oxygen atoms in total. The monoisotopic (exact) mass is 1690 g/mol. The van der Waals surface area contributed by atoms with Gasteiger partial charge in [-0.2, -0.15) is 0 Å². The van der Waals surface area contributed by atoms with Crippen LogP contribution in [-0.2, 0) is 0 Å². The molecule has 5 heteroatoms. The lowest BCUT2D eigenvalue weighted by molar-refractivity contribution is 0.0788. The van der Waals surface area contributed by atoms with E-state index >= 15 is 0 Å². The van der Waals surface area contributed by atoms with Crippen LogP contribution < -0.4 is 5.32 Å². The molecule has 2 aliphatic rings. The molecule has 2 saturated carbocycles. The summed E-state index contributed by atoms with van der Waals surface area (Å²) in [6.07, 6.45) is 147. The molecule has 0 bridgehead atoms. The Morgan fingerprint density at radius 1 is 0.254 bits per heavy atom. The predicted molar refractivity (Wildman–Crippen MR) is 541 cm³/mol. The Morgan fingerprint density at radius 3 is 0.656 bits per heavy atom. The summed E-state index contributed by atoms with van der Waals surface area (Å²) in [6, 6.07) is 3.78. The number of aryl methyl sites for hydroxylation is 1. The van der Waals surface area contributed by atoms with Crippen molar-refractivity contribution in [3.8, 4) is 11.8 Å². The van der Waals surface area contributed by atoms with Gasteiger partial charge >= 0.3 is 0 Å². The van der Waals surface area contributed by atoms with Gasteiger partial charge in [0.05, 0.1) is 23.4 Å². The quantitative estimate of drug-likeness (QED) is 0.300. The maximum Gasteiger partial charge on any atom is 0.253 e. The molecule has 0 spiro atoms. The zero-order chi connectivity index (χ0) is 86.0. The first-order chi connectivity index (χ1) is 60.6. The Kier molecular flexibility index (Phi) is 82.6. The van der Waals surface area contributed by atoms with Crippen LogP contribution >= 0.6 is 0 Å². The zero-order valence-electron chi connectivity index (χ0n) is 82.6. The summed E-state index contributed by atoms with van der Waals surface area (Å²) in [4.78, 5) is 23.1. The molecule has 0 aromatic carbocycles. The smallest absolute Gasteiger partial charge is 0.253 e. The van der Waals surface area contributed by atoms with Crippen LogP contribution in [0.3, 0.4) is 0 Å². The SMILES string of the molecule is Cc1ncc(C(=O)N[C@@H]2CCCCCCCCCCCCCCCCCCCCCCCCCCCCCCCCCCCCCCCCCCCCCCCCCCCCCCCCCCCCCCCCCCCCCCCCCCCCCCCCCCCCCCCCCCCCCCCCCC[C@H]2O)cc1C#Cc1cncc(C2CC2)c1. The number of hydrogen-bond donors (Lipinski definition) is 2. The third kappa shape index (κ3) is 75.1. The van der Waals surface area contributed by atoms with E-state index in [9.17, 15) is 9.90 Å². The van der Waals surface area contributed by atoms with Crippen LogP contribution in [0.2, 0.25) is 0 Å². The van der Waals surface area contributed by atoms with E-state index in [0.29, 0.717) is 11.5 Å². The number of amides is 1. The number of rotatable bonds is 3. The average Bonchev–Trinajstić information content (AvgIpc) is 1.32. The van der Waals surface area contributed by atoms with Gasteiger partial charge in [0.15, 0.2) is 0 Å². The van der Waals surface area contributed by atoms with E-state index in [1.165, 1.54) is 609 Å². The molecule has 1 amide bonds. The van der Waals surface area contributed by atoms with Crippen LogP contribution in [0.1, 0.15) is 681 Å². The topological polar surface area (TPSA) is 75.1 Å². The number of nitrogens with one attached hydrogen (secondary N) is 1. The summed E-state index contributed by atoms with van der Waals surface area (Å²) in [5, 5.41) is 15.0. The number of carbonyl (C=O) groups excluding carboxylic acids is 1. The van der Waals surface area contributed by atoms with Gasteiger partial charge in [-0.25, -0.2) is 0 Å². The number of aliphatic hydroxyl groups excluding tert-OH is 1. The fourth-order valence-corrected chi connectivity index (χ4v) is 20.2. The largest absolute Gasteiger partial charge is 0.391 e. The highest BCUT2D eigenvalue weighted by molar-refractivity contribution is 5.94. The van der Waals surface area contributed by atoms with Crippen molar-refractivity contribution in [2.24, 2.45) is 0 Å². The molecule has 2 fully saturated rings. The molecule has 0 radical (unpaired) electrons. The van der Waals surface area contributed by atoms with Gasteiger partial charge in [-0.15, -0.1) is 0 Å². The van der Waals surface area contributed by atoms with Crippen LogP contribution in [0.15, 0.2) is 30.7 Å². The molecule has 122 heavy (non-hydrogen) atoms. The highest BCUT2D eigenvalue weighted by atomic mass is 16.3. The Hall–Kier alpha value is -2.71. The Labute approximate surface area is 763 Å². The second-order valence-electron chi connectivity index (χ2n) is 41.1. The third-order valence-corrected chi connectivity index (χ3v) is 29.0. The van der Waals surface area contributed by atoms with E-state index in [-0.39, 0.29) is 11.9 Å². The normalized spacial score (nSPS) is 23.4. The van der Waals surface area contributed by atoms with Gasteiger partial charge < -0.3 is 10.4 Å². The number of hydrogen-bond acceptors (Lipinski definition) is 4. The molecular formula is C117H213N3O2. The fourth-order valence-electron chi connectivity index (χ4n) is 20.2. The van der Waals surface area contributed by atoms with Gasteiger partial charge in [-0.1, -0.05) is 628 Å². The molecule has 0 aliphatic heterocycles. The van der Waals surface area contributed by atoms with Gasteiger partial charge in [0.2, 0.25) is 0 Å². The van der Waals surface area contributed by atoms with E-state index in [2.05, 4.69) is 33.2 Å². The van der Waals surface area contributed by atoms with Gasteiger partial charge in [0, 0.05) is 29.7 Å². The molecular weight excluding hydrogens is 1480 g/mol. The van der Waals surface area contributed by atoms with Crippen LogP contribution in [0.4, 0.5) is 0 Å². The first-order valence-corrected chi connectivity index (χ1v) is 57.0. The van der Waals surface area contributed by atoms with Crippen molar-refractivity contribution in [2.75, 3.05) is 0 Å². The minimum absolute atomic E-state index is 0.160. The van der Waals surface area contributed by atoms with Crippen molar-refractivity contribution in [1.29, 1.82) is 0 Å². The van der Waals surface area contributed by atoms with Crippen LogP contribution in [0.25, 0.3) is 0 Å². The standard InChI is InChI=1S/C117H213N3O2/c1-109-112(101-100-110-104-113(107-118-106-110)111-102-103-111)105-114(108-119-109)117(122)120-115-98-96-94-92-90-88-86-84-82-80-78-76-74-72-70-68-66-64-62-60-58-56-54-52-50-48-46-44-42-40-38-36-34-32-30-28-26-24-22-20-18-16-14-12-10-8-6-4-2-3-5-7-9-11-13-15-17-19-21-23-25-27-29-31-33-35-37-39-41-43-45-47-49-51-53-55-57-59-61-63-65-67-69-71-73-75-77-79-81-83-85-87-89-91-93-95-97-99-116(115)121/h104-108,111,115-116,121H,2-99,102-103H2,1H3,(H,120,122)/t115-,116-/m1/s1. The van der Waals surface area contributed by atoms with Crippen LogP contribution in [0.5, 0.6) is 0 Å². The maximum atomic E-state index is 14.0. The Bertz CT molecular complexity index is 2520. The maximum absolute atomic E-state index is 14.0. The molecule has 0 saturated heterocycles. The van der Waals surface area contributed by atoms with E-state index in [1.54, 1.807) is 6.20 Å². The van der Waals surface area contributed by atoms with Gasteiger partial charge in [0.1, 0.15) is 0 Å². The average molecular weight is 1690 g/mol. The molecule has 708 valence electrons. The summed E-state index contributed by atoms with van der Waals surface area (Å²) < 4.78 is 0. The highest BCUT2D eigenvalue weighted by Gasteiger charge is 2.25. The third-order valence-electron chi connectivity index (χ3n) is 29.0. The van der Waals surface area contributed by atoms with Crippen molar-refractivity contribution < 1.29 is 9.90 Å².